The maximum atomic E-state index is 6.23. The molecule has 1 aromatic carbocycles. The molecule has 1 aliphatic carbocycles. The molecule has 1 unspecified atom stereocenters. The van der Waals surface area contributed by atoms with Crippen molar-refractivity contribution >= 4 is 17.3 Å². The zero-order valence-electron chi connectivity index (χ0n) is 11.6. The number of anilines is 1. The molecule has 1 saturated heterocycles. The van der Waals surface area contributed by atoms with Crippen LogP contribution in [0.25, 0.3) is 0 Å². The van der Waals surface area contributed by atoms with Crippen LogP contribution in [-0.4, -0.2) is 32.3 Å². The van der Waals surface area contributed by atoms with Gasteiger partial charge in [0.25, 0.3) is 0 Å². The number of rotatable bonds is 3. The van der Waals surface area contributed by atoms with Crippen LogP contribution in [0, 0.1) is 5.92 Å². The number of halogens is 1. The lowest BCUT2D eigenvalue weighted by atomic mass is 9.92. The molecule has 0 bridgehead atoms. The Labute approximate surface area is 119 Å². The molecular formula is C15H21ClN2O. The SMILES string of the molecule is COc1ccc(N2CCNC(C)(C3CC3)C2)cc1Cl. The van der Waals surface area contributed by atoms with Crippen molar-refractivity contribution in [2.45, 2.75) is 25.3 Å². The van der Waals surface area contributed by atoms with E-state index in [0.29, 0.717) is 5.02 Å². The Morgan fingerprint density at radius 3 is 2.84 bits per heavy atom. The van der Waals surface area contributed by atoms with Crippen molar-refractivity contribution in [2.24, 2.45) is 5.92 Å². The van der Waals surface area contributed by atoms with Crippen LogP contribution in [0.15, 0.2) is 18.2 Å². The molecule has 0 radical (unpaired) electrons. The molecule has 104 valence electrons. The quantitative estimate of drug-likeness (QED) is 0.921. The largest absolute Gasteiger partial charge is 0.495 e. The average Bonchev–Trinajstić information content (AvgIpc) is 3.23. The topological polar surface area (TPSA) is 24.5 Å². The summed E-state index contributed by atoms with van der Waals surface area (Å²) >= 11 is 6.23. The molecular weight excluding hydrogens is 260 g/mol. The number of nitrogens with one attached hydrogen (secondary N) is 1. The molecule has 1 heterocycles. The second kappa shape index (κ2) is 4.88. The molecule has 3 nitrogen and oxygen atoms in total. The van der Waals surface area contributed by atoms with E-state index in [0.717, 1.165) is 31.3 Å². The van der Waals surface area contributed by atoms with Gasteiger partial charge in [0.2, 0.25) is 0 Å². The van der Waals surface area contributed by atoms with Gasteiger partial charge in [-0.05, 0) is 43.9 Å². The van der Waals surface area contributed by atoms with Gasteiger partial charge in [-0.3, -0.25) is 0 Å². The summed E-state index contributed by atoms with van der Waals surface area (Å²) < 4.78 is 5.21. The summed E-state index contributed by atoms with van der Waals surface area (Å²) in [6, 6.07) is 6.07. The molecule has 0 amide bonds. The Morgan fingerprint density at radius 2 is 2.21 bits per heavy atom. The molecule has 1 atom stereocenters. The molecule has 4 heteroatoms. The highest BCUT2D eigenvalue weighted by Gasteiger charge is 2.43. The van der Waals surface area contributed by atoms with Gasteiger partial charge in [-0.15, -0.1) is 0 Å². The van der Waals surface area contributed by atoms with Crippen LogP contribution in [0.1, 0.15) is 19.8 Å². The highest BCUT2D eigenvalue weighted by molar-refractivity contribution is 6.32. The second-order valence-electron chi connectivity index (χ2n) is 5.86. The van der Waals surface area contributed by atoms with Gasteiger partial charge in [0.05, 0.1) is 12.1 Å². The first-order valence-corrected chi connectivity index (χ1v) is 7.34. The number of ether oxygens (including phenoxy) is 1. The van der Waals surface area contributed by atoms with Crippen molar-refractivity contribution in [3.05, 3.63) is 23.2 Å². The van der Waals surface area contributed by atoms with Gasteiger partial charge in [0.1, 0.15) is 5.75 Å². The summed E-state index contributed by atoms with van der Waals surface area (Å²) in [4.78, 5) is 2.43. The fourth-order valence-corrected chi connectivity index (χ4v) is 3.33. The number of methoxy groups -OCH3 is 1. The van der Waals surface area contributed by atoms with E-state index in [1.54, 1.807) is 7.11 Å². The van der Waals surface area contributed by atoms with Gasteiger partial charge in [0.15, 0.2) is 0 Å². The molecule has 1 aliphatic heterocycles. The zero-order chi connectivity index (χ0) is 13.5. The van der Waals surface area contributed by atoms with Crippen molar-refractivity contribution in [3.63, 3.8) is 0 Å². The molecule has 3 rings (SSSR count). The zero-order valence-corrected chi connectivity index (χ0v) is 12.3. The number of hydrogen-bond donors (Lipinski definition) is 1. The molecule has 0 aromatic heterocycles. The lowest BCUT2D eigenvalue weighted by Gasteiger charge is -2.43. The first-order chi connectivity index (χ1) is 9.12. The van der Waals surface area contributed by atoms with Gasteiger partial charge in [-0.2, -0.15) is 0 Å². The molecule has 1 N–H and O–H groups in total. The Kier molecular flexibility index (Phi) is 3.35. The van der Waals surface area contributed by atoms with Crippen molar-refractivity contribution in [3.8, 4) is 5.75 Å². The van der Waals surface area contributed by atoms with Crippen LogP contribution in [0.3, 0.4) is 0 Å². The predicted octanol–water partition coefficient (Wildman–Crippen LogP) is 2.93. The van der Waals surface area contributed by atoms with E-state index in [1.165, 1.54) is 18.5 Å². The van der Waals surface area contributed by atoms with Gasteiger partial charge in [-0.25, -0.2) is 0 Å². The maximum Gasteiger partial charge on any atom is 0.137 e. The maximum absolute atomic E-state index is 6.23. The smallest absolute Gasteiger partial charge is 0.137 e. The minimum Gasteiger partial charge on any atom is -0.495 e. The van der Waals surface area contributed by atoms with Crippen LogP contribution >= 0.6 is 11.6 Å². The summed E-state index contributed by atoms with van der Waals surface area (Å²) in [5, 5.41) is 4.38. The highest BCUT2D eigenvalue weighted by atomic mass is 35.5. The Morgan fingerprint density at radius 1 is 1.42 bits per heavy atom. The summed E-state index contributed by atoms with van der Waals surface area (Å²) in [6.45, 7) is 5.48. The number of benzene rings is 1. The molecule has 1 saturated carbocycles. The van der Waals surface area contributed by atoms with Crippen LogP contribution in [0.2, 0.25) is 5.02 Å². The standard InChI is InChI=1S/C15H21ClN2O/c1-15(11-3-4-11)10-18(8-7-17-15)12-5-6-14(19-2)13(16)9-12/h5-6,9,11,17H,3-4,7-8,10H2,1-2H3. The third kappa shape index (κ3) is 2.54. The van der Waals surface area contributed by atoms with Crippen LogP contribution in [0.4, 0.5) is 5.69 Å². The monoisotopic (exact) mass is 280 g/mol. The van der Waals surface area contributed by atoms with Gasteiger partial charge in [-0.1, -0.05) is 11.6 Å². The Hall–Kier alpha value is -0.930. The Bertz CT molecular complexity index is 475. The van der Waals surface area contributed by atoms with E-state index in [-0.39, 0.29) is 5.54 Å². The van der Waals surface area contributed by atoms with Crippen molar-refractivity contribution in [1.29, 1.82) is 0 Å². The van der Waals surface area contributed by atoms with Crippen LogP contribution in [-0.2, 0) is 0 Å². The normalized spacial score (nSPS) is 27.4. The van der Waals surface area contributed by atoms with E-state index in [1.807, 2.05) is 12.1 Å². The lowest BCUT2D eigenvalue weighted by molar-refractivity contribution is 0.285. The number of piperazine rings is 1. The van der Waals surface area contributed by atoms with Crippen LogP contribution < -0.4 is 15.0 Å². The van der Waals surface area contributed by atoms with Gasteiger partial charge < -0.3 is 15.0 Å². The predicted molar refractivity (Wildman–Crippen MR) is 79.3 cm³/mol. The molecule has 0 spiro atoms. The first-order valence-electron chi connectivity index (χ1n) is 6.96. The van der Waals surface area contributed by atoms with Crippen LogP contribution in [0.5, 0.6) is 5.75 Å². The highest BCUT2D eigenvalue weighted by Crippen LogP contribution is 2.41. The van der Waals surface area contributed by atoms with E-state index in [2.05, 4.69) is 23.2 Å². The second-order valence-corrected chi connectivity index (χ2v) is 6.27. The molecule has 2 fully saturated rings. The van der Waals surface area contributed by atoms with E-state index in [9.17, 15) is 0 Å². The van der Waals surface area contributed by atoms with Gasteiger partial charge in [0, 0.05) is 30.9 Å². The lowest BCUT2D eigenvalue weighted by Crippen LogP contribution is -2.60. The fraction of sp³-hybridized carbons (Fsp3) is 0.600. The average molecular weight is 281 g/mol. The minimum atomic E-state index is 0.255. The van der Waals surface area contributed by atoms with Crippen molar-refractivity contribution in [1.82, 2.24) is 5.32 Å². The van der Waals surface area contributed by atoms with E-state index < -0.39 is 0 Å². The minimum absolute atomic E-state index is 0.255. The van der Waals surface area contributed by atoms with Crippen molar-refractivity contribution in [2.75, 3.05) is 31.6 Å². The Balaban J connectivity index is 1.79. The summed E-state index contributed by atoms with van der Waals surface area (Å²) in [5.74, 6) is 1.58. The van der Waals surface area contributed by atoms with Crippen molar-refractivity contribution < 1.29 is 4.74 Å². The molecule has 2 aliphatic rings. The third-order valence-electron chi connectivity index (χ3n) is 4.41. The first kappa shape index (κ1) is 13.1. The molecule has 1 aromatic rings. The summed E-state index contributed by atoms with van der Waals surface area (Å²) in [7, 11) is 1.65. The van der Waals surface area contributed by atoms with Gasteiger partial charge >= 0.3 is 0 Å². The summed E-state index contributed by atoms with van der Waals surface area (Å²) in [6.07, 6.45) is 2.72. The fourth-order valence-electron chi connectivity index (χ4n) is 3.07. The summed E-state index contributed by atoms with van der Waals surface area (Å²) in [5.41, 5.74) is 1.45. The third-order valence-corrected chi connectivity index (χ3v) is 4.70. The van der Waals surface area contributed by atoms with E-state index in [4.69, 9.17) is 16.3 Å². The molecule has 19 heavy (non-hydrogen) atoms. The number of hydrogen-bond acceptors (Lipinski definition) is 3. The number of nitrogens with zero attached hydrogens (tertiary/aromatic N) is 1. The van der Waals surface area contributed by atoms with E-state index >= 15 is 0 Å².